The van der Waals surface area contributed by atoms with Gasteiger partial charge in [-0.2, -0.15) is 5.10 Å². The van der Waals surface area contributed by atoms with Crippen LogP contribution in [0.5, 0.6) is 0 Å². The Morgan fingerprint density at radius 3 is 2.67 bits per heavy atom. The molecule has 2 heterocycles. The van der Waals surface area contributed by atoms with Gasteiger partial charge in [0.25, 0.3) is 5.91 Å². The summed E-state index contributed by atoms with van der Waals surface area (Å²) in [4.78, 5) is 16.7. The van der Waals surface area contributed by atoms with Gasteiger partial charge in [-0.3, -0.25) is 9.48 Å². The lowest BCUT2D eigenvalue weighted by Crippen LogP contribution is -2.54. The summed E-state index contributed by atoms with van der Waals surface area (Å²) in [5.74, 6) is -0.0124. The number of hydrogen-bond acceptors (Lipinski definition) is 4. The normalized spacial score (nSPS) is 21.8. The van der Waals surface area contributed by atoms with Gasteiger partial charge in [-0.25, -0.2) is 0 Å². The van der Waals surface area contributed by atoms with Crippen LogP contribution in [0.1, 0.15) is 61.6 Å². The number of likely N-dealkylation sites (tertiary alicyclic amines) is 1. The minimum Gasteiger partial charge on any atom is -0.387 e. The van der Waals surface area contributed by atoms with Crippen LogP contribution in [0.4, 0.5) is 0 Å². The molecule has 0 saturated carbocycles. The number of aromatic nitrogens is 2. The quantitative estimate of drug-likeness (QED) is 0.864. The molecule has 24 heavy (non-hydrogen) atoms. The summed E-state index contributed by atoms with van der Waals surface area (Å²) in [5.41, 5.74) is 0.767. The van der Waals surface area contributed by atoms with Gasteiger partial charge in [0.05, 0.1) is 29.9 Å². The van der Waals surface area contributed by atoms with E-state index in [0.717, 1.165) is 31.4 Å². The molecular weight excluding hydrogens is 304 g/mol. The van der Waals surface area contributed by atoms with E-state index in [4.69, 9.17) is 0 Å². The molecule has 1 fully saturated rings. The molecule has 0 bridgehead atoms. The second-order valence-corrected chi connectivity index (χ2v) is 7.35. The predicted octanol–water partition coefficient (Wildman–Crippen LogP) is 2.08. The predicted molar refractivity (Wildman–Crippen MR) is 95.2 cm³/mol. The van der Waals surface area contributed by atoms with Gasteiger partial charge < -0.3 is 14.9 Å². The van der Waals surface area contributed by atoms with Crippen LogP contribution >= 0.6 is 0 Å². The SMILES string of the molecule is CCC(CC)n1ncc(C(=O)N2CCCC(O)(CN(C)C)C2)c1C. The van der Waals surface area contributed by atoms with Gasteiger partial charge in [0.1, 0.15) is 0 Å². The first-order valence-corrected chi connectivity index (χ1v) is 9.01. The van der Waals surface area contributed by atoms with Crippen molar-refractivity contribution < 1.29 is 9.90 Å². The van der Waals surface area contributed by atoms with Crippen molar-refractivity contribution in [2.45, 2.75) is 58.1 Å². The average Bonchev–Trinajstić information content (AvgIpc) is 2.88. The van der Waals surface area contributed by atoms with Gasteiger partial charge in [-0.1, -0.05) is 13.8 Å². The van der Waals surface area contributed by atoms with Gasteiger partial charge >= 0.3 is 0 Å². The Morgan fingerprint density at radius 2 is 2.08 bits per heavy atom. The Labute approximate surface area is 145 Å². The third kappa shape index (κ3) is 3.98. The Hall–Kier alpha value is -1.40. The summed E-state index contributed by atoms with van der Waals surface area (Å²) in [7, 11) is 3.89. The Bertz CT molecular complexity index is 565. The molecule has 1 N–H and O–H groups in total. The van der Waals surface area contributed by atoms with Crippen molar-refractivity contribution in [2.24, 2.45) is 0 Å². The van der Waals surface area contributed by atoms with Crippen LogP contribution in [-0.4, -0.2) is 69.9 Å². The molecule has 6 heteroatoms. The fourth-order valence-electron chi connectivity index (χ4n) is 3.81. The van der Waals surface area contributed by atoms with E-state index >= 15 is 0 Å². The smallest absolute Gasteiger partial charge is 0.257 e. The minimum absolute atomic E-state index is 0.0124. The van der Waals surface area contributed by atoms with E-state index in [0.29, 0.717) is 31.2 Å². The standard InChI is InChI=1S/C18H32N4O2/c1-6-15(7-2)22-14(3)16(11-19-22)17(23)21-10-8-9-18(24,13-21)12-20(4)5/h11,15,24H,6-10,12-13H2,1-5H3. The van der Waals surface area contributed by atoms with Gasteiger partial charge in [-0.05, 0) is 46.7 Å². The Balaban J connectivity index is 2.17. The average molecular weight is 336 g/mol. The highest BCUT2D eigenvalue weighted by molar-refractivity contribution is 5.95. The molecule has 0 spiro atoms. The summed E-state index contributed by atoms with van der Waals surface area (Å²) >= 11 is 0. The van der Waals surface area contributed by atoms with E-state index in [1.165, 1.54) is 0 Å². The number of piperidine rings is 1. The highest BCUT2D eigenvalue weighted by Gasteiger charge is 2.36. The summed E-state index contributed by atoms with van der Waals surface area (Å²) < 4.78 is 1.98. The lowest BCUT2D eigenvalue weighted by atomic mass is 9.92. The summed E-state index contributed by atoms with van der Waals surface area (Å²) in [5, 5.41) is 15.2. The first-order chi connectivity index (χ1) is 11.3. The van der Waals surface area contributed by atoms with Crippen LogP contribution in [0.15, 0.2) is 6.20 Å². The highest BCUT2D eigenvalue weighted by atomic mass is 16.3. The number of nitrogens with zero attached hydrogens (tertiary/aromatic N) is 4. The molecule has 1 aliphatic heterocycles. The number of likely N-dealkylation sites (N-methyl/N-ethyl adjacent to an activating group) is 1. The van der Waals surface area contributed by atoms with Gasteiger partial charge in [0.2, 0.25) is 0 Å². The number of aliphatic hydroxyl groups is 1. The van der Waals surface area contributed by atoms with E-state index in [1.807, 2.05) is 30.6 Å². The molecule has 136 valence electrons. The van der Waals surface area contributed by atoms with E-state index in [-0.39, 0.29) is 5.91 Å². The van der Waals surface area contributed by atoms with Crippen molar-refractivity contribution in [3.8, 4) is 0 Å². The lowest BCUT2D eigenvalue weighted by molar-refractivity contribution is -0.0391. The number of carbonyl (C=O) groups excluding carboxylic acids is 1. The molecule has 0 radical (unpaired) electrons. The molecule has 1 aliphatic rings. The maximum atomic E-state index is 13.0. The fraction of sp³-hybridized carbons (Fsp3) is 0.778. The van der Waals surface area contributed by atoms with Gasteiger partial charge in [0, 0.05) is 18.8 Å². The topological polar surface area (TPSA) is 61.6 Å². The van der Waals surface area contributed by atoms with Crippen molar-refractivity contribution in [2.75, 3.05) is 33.7 Å². The van der Waals surface area contributed by atoms with E-state index in [1.54, 1.807) is 11.1 Å². The number of β-amino-alcohol motifs (C(OH)–C–C–N with tert-alkyl or cyclic N) is 1. The van der Waals surface area contributed by atoms with Crippen LogP contribution in [0.3, 0.4) is 0 Å². The molecule has 2 rings (SSSR count). The first-order valence-electron chi connectivity index (χ1n) is 9.01. The van der Waals surface area contributed by atoms with Crippen molar-refractivity contribution in [1.29, 1.82) is 0 Å². The number of rotatable bonds is 6. The van der Waals surface area contributed by atoms with Crippen LogP contribution in [0, 0.1) is 6.92 Å². The Morgan fingerprint density at radius 1 is 1.42 bits per heavy atom. The zero-order chi connectivity index (χ0) is 17.9. The van der Waals surface area contributed by atoms with Crippen LogP contribution in [0.2, 0.25) is 0 Å². The van der Waals surface area contributed by atoms with E-state index in [2.05, 4.69) is 18.9 Å². The van der Waals surface area contributed by atoms with Crippen molar-refractivity contribution in [3.05, 3.63) is 17.5 Å². The first kappa shape index (κ1) is 18.9. The van der Waals surface area contributed by atoms with Gasteiger partial charge in [-0.15, -0.1) is 0 Å². The highest BCUT2D eigenvalue weighted by Crippen LogP contribution is 2.25. The zero-order valence-corrected chi connectivity index (χ0v) is 15.7. The maximum Gasteiger partial charge on any atom is 0.257 e. The number of hydrogen-bond donors (Lipinski definition) is 1. The van der Waals surface area contributed by atoms with Crippen LogP contribution < -0.4 is 0 Å². The maximum absolute atomic E-state index is 13.0. The largest absolute Gasteiger partial charge is 0.387 e. The Kier molecular flexibility index (Phi) is 6.04. The number of carbonyl (C=O) groups is 1. The monoisotopic (exact) mass is 336 g/mol. The van der Waals surface area contributed by atoms with Gasteiger partial charge in [0.15, 0.2) is 0 Å². The van der Waals surface area contributed by atoms with Crippen molar-refractivity contribution in [1.82, 2.24) is 19.6 Å². The fourth-order valence-corrected chi connectivity index (χ4v) is 3.81. The second kappa shape index (κ2) is 7.66. The number of amides is 1. The third-order valence-electron chi connectivity index (χ3n) is 5.02. The van der Waals surface area contributed by atoms with Crippen molar-refractivity contribution >= 4 is 5.91 Å². The lowest BCUT2D eigenvalue weighted by Gasteiger charge is -2.40. The van der Waals surface area contributed by atoms with Crippen LogP contribution in [-0.2, 0) is 0 Å². The molecule has 1 saturated heterocycles. The molecule has 1 aromatic rings. The minimum atomic E-state index is -0.823. The van der Waals surface area contributed by atoms with Crippen molar-refractivity contribution in [3.63, 3.8) is 0 Å². The summed E-state index contributed by atoms with van der Waals surface area (Å²) in [6, 6.07) is 0.332. The van der Waals surface area contributed by atoms with Crippen LogP contribution in [0.25, 0.3) is 0 Å². The molecular formula is C18H32N4O2. The molecule has 1 unspecified atom stereocenters. The molecule has 1 aromatic heterocycles. The molecule has 6 nitrogen and oxygen atoms in total. The second-order valence-electron chi connectivity index (χ2n) is 7.35. The molecule has 0 aliphatic carbocycles. The summed E-state index contributed by atoms with van der Waals surface area (Å²) in [6.45, 7) is 7.91. The molecule has 0 aromatic carbocycles. The molecule has 1 amide bonds. The van der Waals surface area contributed by atoms with E-state index < -0.39 is 5.60 Å². The zero-order valence-electron chi connectivity index (χ0n) is 15.7. The van der Waals surface area contributed by atoms with E-state index in [9.17, 15) is 9.90 Å². The molecule has 1 atom stereocenters. The third-order valence-corrected chi connectivity index (χ3v) is 5.02. The summed E-state index contributed by atoms with van der Waals surface area (Å²) in [6.07, 6.45) is 5.25.